The van der Waals surface area contributed by atoms with E-state index in [1.165, 1.54) is 0 Å². The highest BCUT2D eigenvalue weighted by Crippen LogP contribution is 2.26. The van der Waals surface area contributed by atoms with Crippen LogP contribution < -0.4 is 0 Å². The Hall–Kier alpha value is -2.33. The van der Waals surface area contributed by atoms with Gasteiger partial charge in [-0.05, 0) is 30.5 Å². The van der Waals surface area contributed by atoms with Crippen LogP contribution in [0.3, 0.4) is 0 Å². The topological polar surface area (TPSA) is 50.2 Å². The Labute approximate surface area is 126 Å². The summed E-state index contributed by atoms with van der Waals surface area (Å²) in [6.07, 6.45) is 2.02. The first-order chi connectivity index (χ1) is 10.2. The van der Waals surface area contributed by atoms with Crippen LogP contribution >= 0.6 is 11.8 Å². The van der Waals surface area contributed by atoms with Gasteiger partial charge in [-0.25, -0.2) is 9.78 Å². The molecule has 0 spiro atoms. The van der Waals surface area contributed by atoms with E-state index in [0.29, 0.717) is 16.6 Å². The van der Waals surface area contributed by atoms with E-state index < -0.39 is 5.97 Å². The molecule has 0 fully saturated rings. The highest BCUT2D eigenvalue weighted by Gasteiger charge is 2.12. The number of carboxylic acid groups (broad SMARTS) is 1. The fraction of sp³-hybridized carbons (Fsp3) is 0.0588. The summed E-state index contributed by atoms with van der Waals surface area (Å²) in [5.41, 5.74) is 2.57. The van der Waals surface area contributed by atoms with Crippen molar-refractivity contribution in [1.82, 2.24) is 4.98 Å². The smallest absolute Gasteiger partial charge is 0.336 e. The number of hydrogen-bond acceptors (Lipinski definition) is 3. The van der Waals surface area contributed by atoms with Crippen molar-refractivity contribution in [3.8, 4) is 11.3 Å². The van der Waals surface area contributed by atoms with Crippen molar-refractivity contribution in [2.45, 2.75) is 4.90 Å². The van der Waals surface area contributed by atoms with Crippen molar-refractivity contribution in [1.29, 1.82) is 0 Å². The van der Waals surface area contributed by atoms with E-state index in [-0.39, 0.29) is 5.56 Å². The Bertz CT molecular complexity index is 813. The number of aromatic carboxylic acids is 1. The summed E-state index contributed by atoms with van der Waals surface area (Å²) in [5, 5.41) is 10.1. The third-order valence-corrected chi connectivity index (χ3v) is 4.08. The lowest BCUT2D eigenvalue weighted by Crippen LogP contribution is -2.00. The third-order valence-electron chi connectivity index (χ3n) is 3.33. The molecule has 3 nitrogen and oxygen atoms in total. The van der Waals surface area contributed by atoms with Gasteiger partial charge in [-0.1, -0.05) is 30.3 Å². The van der Waals surface area contributed by atoms with Crippen molar-refractivity contribution < 1.29 is 9.90 Å². The van der Waals surface area contributed by atoms with Gasteiger partial charge in [0.05, 0.1) is 16.8 Å². The van der Waals surface area contributed by atoms with Crippen LogP contribution in [0, 0.1) is 0 Å². The van der Waals surface area contributed by atoms with Crippen LogP contribution in [0.2, 0.25) is 0 Å². The summed E-state index contributed by atoms with van der Waals surface area (Å²) in [6.45, 7) is 0. The summed E-state index contributed by atoms with van der Waals surface area (Å²) in [4.78, 5) is 17.2. The molecule has 3 aromatic rings. The first-order valence-electron chi connectivity index (χ1n) is 6.46. The van der Waals surface area contributed by atoms with E-state index in [0.717, 1.165) is 10.5 Å². The Morgan fingerprint density at radius 1 is 1.10 bits per heavy atom. The van der Waals surface area contributed by atoms with Gasteiger partial charge in [0.25, 0.3) is 0 Å². The van der Waals surface area contributed by atoms with Gasteiger partial charge >= 0.3 is 5.97 Å². The number of para-hydroxylation sites is 1. The average Bonchev–Trinajstić information content (AvgIpc) is 2.53. The zero-order valence-corrected chi connectivity index (χ0v) is 12.2. The van der Waals surface area contributed by atoms with Crippen LogP contribution in [0.1, 0.15) is 10.4 Å². The molecule has 0 amide bonds. The number of carbonyl (C=O) groups is 1. The minimum atomic E-state index is -0.935. The van der Waals surface area contributed by atoms with Gasteiger partial charge in [-0.3, -0.25) is 0 Å². The zero-order valence-electron chi connectivity index (χ0n) is 11.4. The third kappa shape index (κ3) is 2.62. The molecule has 0 atom stereocenters. The van der Waals surface area contributed by atoms with E-state index >= 15 is 0 Å². The molecule has 21 heavy (non-hydrogen) atoms. The standard InChI is InChI=1S/C17H13NO2S/c1-21-12-8-6-11(7-9-12)16-10-14(17(19)20)13-4-2-3-5-15(13)18-16/h2-10H,1H3,(H,19,20). The van der Waals surface area contributed by atoms with Crippen molar-refractivity contribution >= 4 is 28.6 Å². The van der Waals surface area contributed by atoms with E-state index in [4.69, 9.17) is 0 Å². The molecule has 1 aromatic heterocycles. The van der Waals surface area contributed by atoms with Crippen LogP contribution in [-0.4, -0.2) is 22.3 Å². The molecule has 1 heterocycles. The molecule has 0 unspecified atom stereocenters. The molecule has 0 aliphatic rings. The normalized spacial score (nSPS) is 10.7. The predicted molar refractivity (Wildman–Crippen MR) is 85.9 cm³/mol. The highest BCUT2D eigenvalue weighted by molar-refractivity contribution is 7.98. The van der Waals surface area contributed by atoms with Gasteiger partial charge in [0, 0.05) is 15.8 Å². The summed E-state index contributed by atoms with van der Waals surface area (Å²) >= 11 is 1.67. The second-order valence-electron chi connectivity index (χ2n) is 4.61. The van der Waals surface area contributed by atoms with Crippen molar-refractivity contribution in [2.24, 2.45) is 0 Å². The lowest BCUT2D eigenvalue weighted by Gasteiger charge is -2.07. The van der Waals surface area contributed by atoms with Crippen LogP contribution in [0.25, 0.3) is 22.2 Å². The molecule has 0 saturated heterocycles. The van der Waals surface area contributed by atoms with Gasteiger partial charge in [0.1, 0.15) is 0 Å². The number of carboxylic acids is 1. The van der Waals surface area contributed by atoms with Crippen molar-refractivity contribution in [3.05, 3.63) is 60.2 Å². The zero-order chi connectivity index (χ0) is 14.8. The fourth-order valence-electron chi connectivity index (χ4n) is 2.26. The van der Waals surface area contributed by atoms with E-state index in [9.17, 15) is 9.90 Å². The first kappa shape index (κ1) is 13.6. The van der Waals surface area contributed by atoms with Crippen LogP contribution in [0.5, 0.6) is 0 Å². The molecule has 2 aromatic carbocycles. The van der Waals surface area contributed by atoms with Gasteiger partial charge < -0.3 is 5.11 Å². The van der Waals surface area contributed by atoms with Crippen LogP contribution in [0.15, 0.2) is 59.5 Å². The summed E-state index contributed by atoms with van der Waals surface area (Å²) in [6, 6.07) is 16.9. The predicted octanol–water partition coefficient (Wildman–Crippen LogP) is 4.32. The van der Waals surface area contributed by atoms with Crippen LogP contribution in [-0.2, 0) is 0 Å². The number of thioether (sulfide) groups is 1. The average molecular weight is 295 g/mol. The lowest BCUT2D eigenvalue weighted by molar-refractivity contribution is 0.0699. The molecule has 0 radical (unpaired) electrons. The Morgan fingerprint density at radius 3 is 2.48 bits per heavy atom. The maximum Gasteiger partial charge on any atom is 0.336 e. The molecule has 0 bridgehead atoms. The number of nitrogens with zero attached hydrogens (tertiary/aromatic N) is 1. The first-order valence-corrected chi connectivity index (χ1v) is 7.69. The number of hydrogen-bond donors (Lipinski definition) is 1. The summed E-state index contributed by atoms with van der Waals surface area (Å²) in [7, 11) is 0. The molecular weight excluding hydrogens is 282 g/mol. The maximum absolute atomic E-state index is 11.5. The Morgan fingerprint density at radius 2 is 1.81 bits per heavy atom. The maximum atomic E-state index is 11.5. The fourth-order valence-corrected chi connectivity index (χ4v) is 2.67. The van der Waals surface area contributed by atoms with Gasteiger partial charge in [-0.2, -0.15) is 0 Å². The van der Waals surface area contributed by atoms with E-state index in [2.05, 4.69) is 4.98 Å². The van der Waals surface area contributed by atoms with Crippen molar-refractivity contribution in [3.63, 3.8) is 0 Å². The minimum absolute atomic E-state index is 0.282. The second-order valence-corrected chi connectivity index (χ2v) is 5.49. The monoisotopic (exact) mass is 295 g/mol. The number of pyridine rings is 1. The minimum Gasteiger partial charge on any atom is -0.478 e. The van der Waals surface area contributed by atoms with Crippen LogP contribution in [0.4, 0.5) is 0 Å². The molecule has 0 saturated carbocycles. The molecule has 1 N–H and O–H groups in total. The SMILES string of the molecule is CSc1ccc(-c2cc(C(=O)O)c3ccccc3n2)cc1. The van der Waals surface area contributed by atoms with Gasteiger partial charge in [0.2, 0.25) is 0 Å². The molecule has 104 valence electrons. The van der Waals surface area contributed by atoms with E-state index in [1.807, 2.05) is 48.7 Å². The molecule has 3 rings (SSSR count). The van der Waals surface area contributed by atoms with Crippen molar-refractivity contribution in [2.75, 3.05) is 6.26 Å². The number of benzene rings is 2. The molecule has 0 aliphatic carbocycles. The molecule has 0 aliphatic heterocycles. The largest absolute Gasteiger partial charge is 0.478 e. The lowest BCUT2D eigenvalue weighted by atomic mass is 10.0. The summed E-state index contributed by atoms with van der Waals surface area (Å²) < 4.78 is 0. The molecular formula is C17H13NO2S. The Balaban J connectivity index is 2.20. The Kier molecular flexibility index (Phi) is 3.62. The highest BCUT2D eigenvalue weighted by atomic mass is 32.2. The van der Waals surface area contributed by atoms with Gasteiger partial charge in [0.15, 0.2) is 0 Å². The number of rotatable bonds is 3. The van der Waals surface area contributed by atoms with E-state index in [1.54, 1.807) is 23.9 Å². The second kappa shape index (κ2) is 5.58. The van der Waals surface area contributed by atoms with Gasteiger partial charge in [-0.15, -0.1) is 11.8 Å². The summed E-state index contributed by atoms with van der Waals surface area (Å²) in [5.74, 6) is -0.935. The quantitative estimate of drug-likeness (QED) is 0.731. The number of aromatic nitrogens is 1. The molecule has 4 heteroatoms. The number of fused-ring (bicyclic) bond motifs is 1.